The second-order valence-corrected chi connectivity index (χ2v) is 3.91. The number of rotatable bonds is 2. The number of hydrogen-bond donors (Lipinski definition) is 1. The van der Waals surface area contributed by atoms with Crippen LogP contribution in [0.3, 0.4) is 0 Å². The molecule has 1 aromatic carbocycles. The second kappa shape index (κ2) is 5.50. The molecule has 2 rings (SSSR count). The van der Waals surface area contributed by atoms with Crippen LogP contribution in [0.1, 0.15) is 6.42 Å². The summed E-state index contributed by atoms with van der Waals surface area (Å²) in [5.74, 6) is 0.539. The molecule has 1 aliphatic rings. The minimum atomic E-state index is -0.366. The molecule has 90 valence electrons. The van der Waals surface area contributed by atoms with Crippen molar-refractivity contribution in [3.63, 3.8) is 0 Å². The number of hydrogen-bond acceptors (Lipinski definition) is 3. The van der Waals surface area contributed by atoms with E-state index in [4.69, 9.17) is 9.84 Å². The zero-order chi connectivity index (χ0) is 12.1. The van der Waals surface area contributed by atoms with E-state index in [-0.39, 0.29) is 12.7 Å². The van der Waals surface area contributed by atoms with Crippen molar-refractivity contribution in [1.82, 2.24) is 4.90 Å². The molecule has 17 heavy (non-hydrogen) atoms. The summed E-state index contributed by atoms with van der Waals surface area (Å²) in [6.45, 7) is 1.08. The van der Waals surface area contributed by atoms with Crippen molar-refractivity contribution in [2.24, 2.45) is 0 Å². The normalized spacial score (nSPS) is 15.4. The first-order valence-corrected chi connectivity index (χ1v) is 5.60. The molecule has 0 fully saturated rings. The molecule has 0 aromatic heterocycles. The van der Waals surface area contributed by atoms with E-state index in [2.05, 4.69) is 0 Å². The quantitative estimate of drug-likeness (QED) is 0.792. The molecule has 4 heteroatoms. The number of amides is 1. The Morgan fingerprint density at radius 3 is 2.82 bits per heavy atom. The van der Waals surface area contributed by atoms with Crippen molar-refractivity contribution < 1.29 is 14.6 Å². The van der Waals surface area contributed by atoms with Crippen LogP contribution in [0.4, 0.5) is 4.79 Å². The molecular formula is C13H15NO3. The summed E-state index contributed by atoms with van der Waals surface area (Å²) in [6, 6.07) is 8.98. The van der Waals surface area contributed by atoms with Gasteiger partial charge in [-0.3, -0.25) is 0 Å². The number of aliphatic hydroxyl groups is 1. The van der Waals surface area contributed by atoms with Gasteiger partial charge in [-0.2, -0.15) is 0 Å². The van der Waals surface area contributed by atoms with Crippen molar-refractivity contribution >= 4 is 6.09 Å². The zero-order valence-electron chi connectivity index (χ0n) is 9.50. The van der Waals surface area contributed by atoms with E-state index in [0.717, 1.165) is 12.0 Å². The van der Waals surface area contributed by atoms with Gasteiger partial charge in [-0.05, 0) is 24.1 Å². The Hall–Kier alpha value is -1.81. The molecule has 0 bridgehead atoms. The van der Waals surface area contributed by atoms with Crippen LogP contribution in [0.2, 0.25) is 0 Å². The third-order valence-electron chi connectivity index (χ3n) is 2.64. The van der Waals surface area contributed by atoms with Gasteiger partial charge in [0.25, 0.3) is 0 Å². The average Bonchev–Trinajstić information content (AvgIpc) is 2.40. The van der Waals surface area contributed by atoms with Crippen LogP contribution in [0.5, 0.6) is 5.75 Å². The number of benzene rings is 1. The van der Waals surface area contributed by atoms with E-state index in [9.17, 15) is 4.79 Å². The van der Waals surface area contributed by atoms with Crippen LogP contribution in [0.15, 0.2) is 42.0 Å². The summed E-state index contributed by atoms with van der Waals surface area (Å²) in [4.78, 5) is 13.4. The van der Waals surface area contributed by atoms with Crippen molar-refractivity contribution in [1.29, 1.82) is 0 Å². The molecule has 1 aromatic rings. The van der Waals surface area contributed by atoms with Crippen molar-refractivity contribution in [2.75, 3.05) is 19.7 Å². The Kier molecular flexibility index (Phi) is 3.77. The lowest BCUT2D eigenvalue weighted by Crippen LogP contribution is -2.38. The topological polar surface area (TPSA) is 49.8 Å². The van der Waals surface area contributed by atoms with Crippen LogP contribution >= 0.6 is 0 Å². The van der Waals surface area contributed by atoms with Gasteiger partial charge in [0, 0.05) is 13.1 Å². The van der Waals surface area contributed by atoms with Crippen LogP contribution in [0.25, 0.3) is 0 Å². The maximum atomic E-state index is 11.8. The molecule has 4 nitrogen and oxygen atoms in total. The van der Waals surface area contributed by atoms with Gasteiger partial charge < -0.3 is 14.7 Å². The van der Waals surface area contributed by atoms with Crippen LogP contribution in [-0.2, 0) is 0 Å². The summed E-state index contributed by atoms with van der Waals surface area (Å²) in [7, 11) is 0. The standard InChI is InChI=1S/C13H15NO3/c15-10-11-5-4-8-14(9-11)13(16)17-12-6-2-1-3-7-12/h1-3,5-7,15H,4,8-10H2. The summed E-state index contributed by atoms with van der Waals surface area (Å²) in [5, 5.41) is 9.03. The van der Waals surface area contributed by atoms with Gasteiger partial charge in [0.1, 0.15) is 5.75 Å². The highest BCUT2D eigenvalue weighted by Crippen LogP contribution is 2.14. The second-order valence-electron chi connectivity index (χ2n) is 3.91. The highest BCUT2D eigenvalue weighted by atomic mass is 16.6. The van der Waals surface area contributed by atoms with Gasteiger partial charge in [-0.15, -0.1) is 0 Å². The molecule has 0 unspecified atom stereocenters. The third-order valence-corrected chi connectivity index (χ3v) is 2.64. The third kappa shape index (κ3) is 3.07. The Morgan fingerprint density at radius 1 is 1.35 bits per heavy atom. The lowest BCUT2D eigenvalue weighted by atomic mass is 10.1. The SMILES string of the molecule is O=C(Oc1ccccc1)N1CCC=C(CO)C1. The molecule has 0 aliphatic carbocycles. The van der Waals surface area contributed by atoms with Gasteiger partial charge in [-0.1, -0.05) is 24.3 Å². The molecule has 1 N–H and O–H groups in total. The van der Waals surface area contributed by atoms with Gasteiger partial charge >= 0.3 is 6.09 Å². The largest absolute Gasteiger partial charge is 0.415 e. The highest BCUT2D eigenvalue weighted by molar-refractivity contribution is 5.71. The molecule has 0 saturated heterocycles. The minimum Gasteiger partial charge on any atom is -0.410 e. The fourth-order valence-corrected chi connectivity index (χ4v) is 1.74. The number of carbonyl (C=O) groups excluding carboxylic acids is 1. The first-order chi connectivity index (χ1) is 8.29. The fourth-order valence-electron chi connectivity index (χ4n) is 1.74. The zero-order valence-corrected chi connectivity index (χ0v) is 9.50. The molecule has 0 saturated carbocycles. The average molecular weight is 233 g/mol. The van der Waals surface area contributed by atoms with Crippen molar-refractivity contribution in [3.05, 3.63) is 42.0 Å². The summed E-state index contributed by atoms with van der Waals surface area (Å²) < 4.78 is 5.22. The first-order valence-electron chi connectivity index (χ1n) is 5.60. The van der Waals surface area contributed by atoms with E-state index in [1.54, 1.807) is 17.0 Å². The maximum absolute atomic E-state index is 11.8. The van der Waals surface area contributed by atoms with Crippen LogP contribution < -0.4 is 4.74 Å². The molecule has 1 amide bonds. The number of ether oxygens (including phenoxy) is 1. The number of nitrogens with zero attached hydrogens (tertiary/aromatic N) is 1. The summed E-state index contributed by atoms with van der Waals surface area (Å²) in [5.41, 5.74) is 0.862. The van der Waals surface area contributed by atoms with E-state index < -0.39 is 0 Å². The minimum absolute atomic E-state index is 0.00484. The monoisotopic (exact) mass is 233 g/mol. The Bertz CT molecular complexity index is 414. The van der Waals surface area contributed by atoms with Gasteiger partial charge in [-0.25, -0.2) is 4.79 Å². The number of carbonyl (C=O) groups is 1. The number of para-hydroxylation sites is 1. The van der Waals surface area contributed by atoms with E-state index in [1.165, 1.54) is 0 Å². The molecule has 0 radical (unpaired) electrons. The number of aliphatic hydroxyl groups excluding tert-OH is 1. The molecular weight excluding hydrogens is 218 g/mol. The van der Waals surface area contributed by atoms with E-state index in [1.807, 2.05) is 24.3 Å². The van der Waals surface area contributed by atoms with Gasteiger partial charge in [0.2, 0.25) is 0 Å². The van der Waals surface area contributed by atoms with Crippen molar-refractivity contribution in [3.8, 4) is 5.75 Å². The maximum Gasteiger partial charge on any atom is 0.415 e. The van der Waals surface area contributed by atoms with Crippen LogP contribution in [-0.4, -0.2) is 35.8 Å². The predicted molar refractivity (Wildman–Crippen MR) is 63.8 cm³/mol. The summed E-state index contributed by atoms with van der Waals surface area (Å²) >= 11 is 0. The molecule has 1 heterocycles. The van der Waals surface area contributed by atoms with E-state index >= 15 is 0 Å². The lowest BCUT2D eigenvalue weighted by Gasteiger charge is -2.25. The lowest BCUT2D eigenvalue weighted by molar-refractivity contribution is 0.153. The predicted octanol–water partition coefficient (Wildman–Crippen LogP) is 1.81. The molecule has 1 aliphatic heterocycles. The Balaban J connectivity index is 1.95. The van der Waals surface area contributed by atoms with E-state index in [0.29, 0.717) is 18.8 Å². The molecule has 0 atom stereocenters. The van der Waals surface area contributed by atoms with Gasteiger partial charge in [0.05, 0.1) is 6.61 Å². The van der Waals surface area contributed by atoms with Crippen molar-refractivity contribution in [2.45, 2.75) is 6.42 Å². The van der Waals surface area contributed by atoms with Gasteiger partial charge in [0.15, 0.2) is 0 Å². The molecule has 0 spiro atoms. The smallest absolute Gasteiger partial charge is 0.410 e. The van der Waals surface area contributed by atoms with Crippen LogP contribution in [0, 0.1) is 0 Å². The Labute approximate surface area is 100 Å². The highest BCUT2D eigenvalue weighted by Gasteiger charge is 2.19. The summed E-state index contributed by atoms with van der Waals surface area (Å²) in [6.07, 6.45) is 2.36. The first kappa shape index (κ1) is 11.7. The Morgan fingerprint density at radius 2 is 2.12 bits per heavy atom. The fraction of sp³-hybridized carbons (Fsp3) is 0.308.